The van der Waals surface area contributed by atoms with Crippen molar-refractivity contribution in [3.05, 3.63) is 0 Å². The van der Waals surface area contributed by atoms with Gasteiger partial charge in [0.25, 0.3) is 6.43 Å². The van der Waals surface area contributed by atoms with E-state index in [4.69, 9.17) is 0 Å². The van der Waals surface area contributed by atoms with Crippen LogP contribution in [0.2, 0.25) is 0 Å². The van der Waals surface area contributed by atoms with Gasteiger partial charge in [0.05, 0.1) is 12.5 Å². The number of piperidine rings is 1. The molecule has 0 spiro atoms. The number of carbonyl (C=O) groups excluding carboxylic acids is 1. The van der Waals surface area contributed by atoms with Gasteiger partial charge in [0.2, 0.25) is 5.91 Å². The number of nitrogens with one attached hydrogen (secondary N) is 2. The molecular formula is C8H14F2N2O. The lowest BCUT2D eigenvalue weighted by Gasteiger charge is -2.21. The number of hydrogen-bond acceptors (Lipinski definition) is 2. The number of amides is 1. The van der Waals surface area contributed by atoms with Crippen LogP contribution in [-0.4, -0.2) is 32.0 Å². The fourth-order valence-electron chi connectivity index (χ4n) is 1.40. The van der Waals surface area contributed by atoms with Crippen LogP contribution in [-0.2, 0) is 4.79 Å². The highest BCUT2D eigenvalue weighted by atomic mass is 19.3. The van der Waals surface area contributed by atoms with Crippen molar-refractivity contribution in [2.45, 2.75) is 19.3 Å². The Bertz CT molecular complexity index is 170. The van der Waals surface area contributed by atoms with E-state index in [0.29, 0.717) is 6.54 Å². The van der Waals surface area contributed by atoms with E-state index < -0.39 is 13.0 Å². The molecule has 1 atom stereocenters. The molecule has 76 valence electrons. The van der Waals surface area contributed by atoms with E-state index in [-0.39, 0.29) is 11.8 Å². The van der Waals surface area contributed by atoms with Crippen molar-refractivity contribution in [3.63, 3.8) is 0 Å². The highest BCUT2D eigenvalue weighted by molar-refractivity contribution is 5.78. The second-order valence-electron chi connectivity index (χ2n) is 3.18. The van der Waals surface area contributed by atoms with Crippen molar-refractivity contribution in [2.24, 2.45) is 5.92 Å². The molecule has 1 saturated heterocycles. The summed E-state index contributed by atoms with van der Waals surface area (Å²) in [5.41, 5.74) is 0. The maximum absolute atomic E-state index is 11.7. The molecule has 0 aromatic rings. The number of hydrogen-bond donors (Lipinski definition) is 2. The Morgan fingerprint density at radius 2 is 2.38 bits per heavy atom. The van der Waals surface area contributed by atoms with E-state index in [9.17, 15) is 13.6 Å². The Hall–Kier alpha value is -0.710. The summed E-state index contributed by atoms with van der Waals surface area (Å²) in [6.07, 6.45) is -0.727. The summed E-state index contributed by atoms with van der Waals surface area (Å²) in [6.45, 7) is 0.989. The zero-order chi connectivity index (χ0) is 9.68. The number of carbonyl (C=O) groups is 1. The van der Waals surface area contributed by atoms with Crippen molar-refractivity contribution < 1.29 is 13.6 Å². The van der Waals surface area contributed by atoms with Crippen LogP contribution in [0.25, 0.3) is 0 Å². The topological polar surface area (TPSA) is 41.1 Å². The van der Waals surface area contributed by atoms with Crippen LogP contribution >= 0.6 is 0 Å². The second kappa shape index (κ2) is 5.11. The molecule has 0 aromatic heterocycles. The van der Waals surface area contributed by atoms with Gasteiger partial charge >= 0.3 is 0 Å². The summed E-state index contributed by atoms with van der Waals surface area (Å²) in [7, 11) is 0. The Morgan fingerprint density at radius 3 is 2.92 bits per heavy atom. The van der Waals surface area contributed by atoms with Crippen LogP contribution in [0, 0.1) is 5.92 Å². The number of rotatable bonds is 3. The third kappa shape index (κ3) is 3.67. The van der Waals surface area contributed by atoms with Crippen LogP contribution in [0.3, 0.4) is 0 Å². The average molecular weight is 192 g/mol. The smallest absolute Gasteiger partial charge is 0.255 e. The predicted octanol–water partition coefficient (Wildman–Crippen LogP) is 0.367. The molecule has 0 saturated carbocycles. The molecular weight excluding hydrogens is 178 g/mol. The zero-order valence-corrected chi connectivity index (χ0v) is 7.35. The monoisotopic (exact) mass is 192 g/mol. The Morgan fingerprint density at radius 1 is 1.62 bits per heavy atom. The molecule has 13 heavy (non-hydrogen) atoms. The van der Waals surface area contributed by atoms with Gasteiger partial charge in [-0.2, -0.15) is 0 Å². The molecule has 1 fully saturated rings. The van der Waals surface area contributed by atoms with Gasteiger partial charge < -0.3 is 10.6 Å². The van der Waals surface area contributed by atoms with Crippen LogP contribution in [0.15, 0.2) is 0 Å². The summed E-state index contributed by atoms with van der Waals surface area (Å²) >= 11 is 0. The van der Waals surface area contributed by atoms with Crippen LogP contribution in [0.4, 0.5) is 8.78 Å². The fourth-order valence-corrected chi connectivity index (χ4v) is 1.40. The highest BCUT2D eigenvalue weighted by Crippen LogP contribution is 2.09. The Labute approximate surface area is 75.9 Å². The van der Waals surface area contributed by atoms with Crippen molar-refractivity contribution in [1.29, 1.82) is 0 Å². The lowest BCUT2D eigenvalue weighted by molar-refractivity contribution is -0.126. The minimum absolute atomic E-state index is 0.132. The first-order valence-electron chi connectivity index (χ1n) is 4.46. The largest absolute Gasteiger partial charge is 0.350 e. The van der Waals surface area contributed by atoms with Gasteiger partial charge in [0, 0.05) is 6.54 Å². The lowest BCUT2D eigenvalue weighted by atomic mass is 9.99. The predicted molar refractivity (Wildman–Crippen MR) is 44.6 cm³/mol. The summed E-state index contributed by atoms with van der Waals surface area (Å²) in [5, 5.41) is 5.28. The van der Waals surface area contributed by atoms with Crippen molar-refractivity contribution in [1.82, 2.24) is 10.6 Å². The van der Waals surface area contributed by atoms with Crippen LogP contribution in [0.5, 0.6) is 0 Å². The first-order chi connectivity index (χ1) is 6.20. The summed E-state index contributed by atoms with van der Waals surface area (Å²) in [6, 6.07) is 0. The quantitative estimate of drug-likeness (QED) is 0.678. The fraction of sp³-hybridized carbons (Fsp3) is 0.875. The Kier molecular flexibility index (Phi) is 4.08. The van der Waals surface area contributed by atoms with Crippen molar-refractivity contribution in [3.8, 4) is 0 Å². The molecule has 5 heteroatoms. The van der Waals surface area contributed by atoms with E-state index in [1.807, 2.05) is 0 Å². The summed E-state index contributed by atoms with van der Waals surface area (Å²) in [5.74, 6) is -0.389. The zero-order valence-electron chi connectivity index (χ0n) is 7.35. The molecule has 2 N–H and O–H groups in total. The van der Waals surface area contributed by atoms with Gasteiger partial charge in [-0.05, 0) is 19.4 Å². The summed E-state index contributed by atoms with van der Waals surface area (Å²) < 4.78 is 23.5. The van der Waals surface area contributed by atoms with E-state index in [1.165, 1.54) is 0 Å². The van der Waals surface area contributed by atoms with E-state index >= 15 is 0 Å². The molecule has 0 aromatic carbocycles. The molecule has 3 nitrogen and oxygen atoms in total. The van der Waals surface area contributed by atoms with Gasteiger partial charge in [-0.3, -0.25) is 4.79 Å². The minimum Gasteiger partial charge on any atom is -0.350 e. The Balaban J connectivity index is 2.21. The summed E-state index contributed by atoms with van der Waals surface area (Å²) in [4.78, 5) is 11.2. The van der Waals surface area contributed by atoms with Gasteiger partial charge in [-0.1, -0.05) is 0 Å². The molecule has 1 rings (SSSR count). The minimum atomic E-state index is -2.46. The molecule has 0 bridgehead atoms. The normalized spacial score (nSPS) is 23.2. The van der Waals surface area contributed by atoms with Crippen LogP contribution in [0.1, 0.15) is 12.8 Å². The SMILES string of the molecule is O=C(NCC(F)F)[C@H]1CCCNC1. The average Bonchev–Trinajstić information content (AvgIpc) is 2.15. The molecule has 0 radical (unpaired) electrons. The maximum Gasteiger partial charge on any atom is 0.255 e. The molecule has 1 aliphatic rings. The number of alkyl halides is 2. The standard InChI is InChI=1S/C8H14F2N2O/c9-7(10)5-12-8(13)6-2-1-3-11-4-6/h6-7,11H,1-5H2,(H,12,13)/t6-/m0/s1. The van der Waals surface area contributed by atoms with E-state index in [2.05, 4.69) is 10.6 Å². The lowest BCUT2D eigenvalue weighted by Crippen LogP contribution is -2.41. The second-order valence-corrected chi connectivity index (χ2v) is 3.18. The van der Waals surface area contributed by atoms with E-state index in [1.54, 1.807) is 0 Å². The highest BCUT2D eigenvalue weighted by Gasteiger charge is 2.20. The third-order valence-electron chi connectivity index (χ3n) is 2.10. The van der Waals surface area contributed by atoms with Gasteiger partial charge in [0.1, 0.15) is 0 Å². The first kappa shape index (κ1) is 10.4. The first-order valence-corrected chi connectivity index (χ1v) is 4.46. The third-order valence-corrected chi connectivity index (χ3v) is 2.10. The number of halogens is 2. The van der Waals surface area contributed by atoms with E-state index in [0.717, 1.165) is 19.4 Å². The van der Waals surface area contributed by atoms with Crippen LogP contribution < -0.4 is 10.6 Å². The maximum atomic E-state index is 11.7. The molecule has 0 aliphatic carbocycles. The molecule has 1 aliphatic heterocycles. The van der Waals surface area contributed by atoms with Gasteiger partial charge in [-0.15, -0.1) is 0 Å². The van der Waals surface area contributed by atoms with Gasteiger partial charge in [-0.25, -0.2) is 8.78 Å². The molecule has 1 heterocycles. The molecule has 0 unspecified atom stereocenters. The van der Waals surface area contributed by atoms with Crippen molar-refractivity contribution in [2.75, 3.05) is 19.6 Å². The van der Waals surface area contributed by atoms with Gasteiger partial charge in [0.15, 0.2) is 0 Å². The molecule has 1 amide bonds. The van der Waals surface area contributed by atoms with Crippen molar-refractivity contribution >= 4 is 5.91 Å².